The summed E-state index contributed by atoms with van der Waals surface area (Å²) in [4.78, 5) is 12.5. The Morgan fingerprint density at radius 3 is 2.56 bits per heavy atom. The van der Waals surface area contributed by atoms with E-state index in [1.54, 1.807) is 6.92 Å². The molecule has 2 heterocycles. The summed E-state index contributed by atoms with van der Waals surface area (Å²) in [7, 11) is 0. The maximum absolute atomic E-state index is 5.87. The molecule has 0 aliphatic carbocycles. The van der Waals surface area contributed by atoms with Crippen LogP contribution in [-0.4, -0.2) is 20.1 Å². The molecule has 0 aliphatic rings. The number of fused-ring (bicyclic) bond motifs is 1. The SMILES string of the molecule is Cc1noc(COc2ccc(Oc3ncnc4ccccc34)cc2)n1. The van der Waals surface area contributed by atoms with E-state index in [2.05, 4.69) is 20.1 Å². The second-order valence-electron chi connectivity index (χ2n) is 5.29. The minimum Gasteiger partial charge on any atom is -0.484 e. The second-order valence-corrected chi connectivity index (χ2v) is 5.29. The van der Waals surface area contributed by atoms with Crippen molar-refractivity contribution in [3.05, 3.63) is 66.6 Å². The highest BCUT2D eigenvalue weighted by atomic mass is 16.5. The molecule has 7 nitrogen and oxygen atoms in total. The number of aryl methyl sites for hydroxylation is 1. The molecule has 4 aromatic rings. The van der Waals surface area contributed by atoms with Crippen molar-refractivity contribution in [3.63, 3.8) is 0 Å². The molecule has 7 heteroatoms. The van der Waals surface area contributed by atoms with E-state index < -0.39 is 0 Å². The Hall–Kier alpha value is -3.48. The average Bonchev–Trinajstić information content (AvgIpc) is 3.07. The average molecular weight is 334 g/mol. The first kappa shape index (κ1) is 15.1. The number of rotatable bonds is 5. The summed E-state index contributed by atoms with van der Waals surface area (Å²) in [5.41, 5.74) is 0.835. The van der Waals surface area contributed by atoms with Crippen LogP contribution in [-0.2, 0) is 6.61 Å². The third kappa shape index (κ3) is 3.40. The van der Waals surface area contributed by atoms with Gasteiger partial charge >= 0.3 is 0 Å². The highest BCUT2D eigenvalue weighted by Gasteiger charge is 2.07. The molecule has 0 bridgehead atoms. The molecular weight excluding hydrogens is 320 g/mol. The zero-order valence-electron chi connectivity index (χ0n) is 13.4. The highest BCUT2D eigenvalue weighted by molar-refractivity contribution is 5.83. The molecule has 0 fully saturated rings. The first-order chi connectivity index (χ1) is 12.3. The van der Waals surface area contributed by atoms with Gasteiger partial charge in [-0.1, -0.05) is 17.3 Å². The highest BCUT2D eigenvalue weighted by Crippen LogP contribution is 2.27. The van der Waals surface area contributed by atoms with Gasteiger partial charge in [-0.2, -0.15) is 4.98 Å². The van der Waals surface area contributed by atoms with Gasteiger partial charge in [-0.05, 0) is 43.3 Å². The molecule has 0 unspecified atom stereocenters. The van der Waals surface area contributed by atoms with E-state index in [4.69, 9.17) is 14.0 Å². The zero-order valence-corrected chi connectivity index (χ0v) is 13.4. The number of hydrogen-bond donors (Lipinski definition) is 0. The lowest BCUT2D eigenvalue weighted by Crippen LogP contribution is -1.96. The molecule has 0 aliphatic heterocycles. The molecule has 124 valence electrons. The van der Waals surface area contributed by atoms with Crippen LogP contribution in [0.2, 0.25) is 0 Å². The largest absolute Gasteiger partial charge is 0.484 e. The van der Waals surface area contributed by atoms with Crippen LogP contribution in [0.5, 0.6) is 17.4 Å². The van der Waals surface area contributed by atoms with E-state index in [9.17, 15) is 0 Å². The van der Waals surface area contributed by atoms with Crippen LogP contribution < -0.4 is 9.47 Å². The third-order valence-electron chi connectivity index (χ3n) is 3.48. The molecule has 0 saturated heterocycles. The fourth-order valence-corrected chi connectivity index (χ4v) is 2.32. The maximum atomic E-state index is 5.87. The van der Waals surface area contributed by atoms with E-state index in [0.717, 1.165) is 10.9 Å². The Morgan fingerprint density at radius 2 is 1.76 bits per heavy atom. The lowest BCUT2D eigenvalue weighted by Gasteiger charge is -2.08. The van der Waals surface area contributed by atoms with E-state index in [1.165, 1.54) is 6.33 Å². The fraction of sp³-hybridized carbons (Fsp3) is 0.111. The van der Waals surface area contributed by atoms with E-state index in [-0.39, 0.29) is 6.61 Å². The first-order valence-electron chi connectivity index (χ1n) is 7.67. The molecule has 0 radical (unpaired) electrons. The molecule has 4 rings (SSSR count). The number of para-hydroxylation sites is 1. The Labute approximate surface area is 143 Å². The molecule has 2 aromatic carbocycles. The molecule has 0 amide bonds. The third-order valence-corrected chi connectivity index (χ3v) is 3.48. The van der Waals surface area contributed by atoms with Crippen LogP contribution in [0.25, 0.3) is 10.9 Å². The van der Waals surface area contributed by atoms with Crippen molar-refractivity contribution in [1.29, 1.82) is 0 Å². The van der Waals surface area contributed by atoms with Crippen LogP contribution in [0.15, 0.2) is 59.4 Å². The minimum atomic E-state index is 0.220. The Morgan fingerprint density at radius 1 is 0.960 bits per heavy atom. The zero-order chi connectivity index (χ0) is 17.1. The van der Waals surface area contributed by atoms with Crippen molar-refractivity contribution >= 4 is 10.9 Å². The number of benzene rings is 2. The van der Waals surface area contributed by atoms with Crippen LogP contribution >= 0.6 is 0 Å². The second kappa shape index (κ2) is 6.56. The lowest BCUT2D eigenvalue weighted by molar-refractivity contribution is 0.242. The van der Waals surface area contributed by atoms with Gasteiger partial charge in [-0.3, -0.25) is 0 Å². The number of aromatic nitrogens is 4. The monoisotopic (exact) mass is 334 g/mol. The predicted octanol–water partition coefficient (Wildman–Crippen LogP) is 3.69. The smallest absolute Gasteiger partial charge is 0.264 e. The number of nitrogens with zero attached hydrogens (tertiary/aromatic N) is 4. The summed E-state index contributed by atoms with van der Waals surface area (Å²) in [6.45, 7) is 1.98. The van der Waals surface area contributed by atoms with Gasteiger partial charge in [-0.25, -0.2) is 9.97 Å². The van der Waals surface area contributed by atoms with Gasteiger partial charge in [0.25, 0.3) is 5.89 Å². The lowest BCUT2D eigenvalue weighted by atomic mass is 10.2. The van der Waals surface area contributed by atoms with Gasteiger partial charge < -0.3 is 14.0 Å². The van der Waals surface area contributed by atoms with Gasteiger partial charge in [0, 0.05) is 0 Å². The van der Waals surface area contributed by atoms with Crippen molar-refractivity contribution in [3.8, 4) is 17.4 Å². The fourth-order valence-electron chi connectivity index (χ4n) is 2.32. The quantitative estimate of drug-likeness (QED) is 0.550. The van der Waals surface area contributed by atoms with E-state index >= 15 is 0 Å². The molecule has 0 spiro atoms. The van der Waals surface area contributed by atoms with Crippen LogP contribution in [0.3, 0.4) is 0 Å². The van der Waals surface area contributed by atoms with E-state index in [1.807, 2.05) is 48.5 Å². The van der Waals surface area contributed by atoms with Crippen LogP contribution in [0, 0.1) is 6.92 Å². The maximum Gasteiger partial charge on any atom is 0.264 e. The standard InChI is InChI=1S/C18H14N4O3/c1-12-21-17(25-22-12)10-23-13-6-8-14(9-7-13)24-18-15-4-2-3-5-16(15)19-11-20-18/h2-9,11H,10H2,1H3. The molecule has 0 saturated carbocycles. The van der Waals surface area contributed by atoms with Crippen molar-refractivity contribution in [2.75, 3.05) is 0 Å². The van der Waals surface area contributed by atoms with Crippen LogP contribution in [0.4, 0.5) is 0 Å². The van der Waals surface area contributed by atoms with Crippen molar-refractivity contribution < 1.29 is 14.0 Å². The number of hydrogen-bond acceptors (Lipinski definition) is 7. The first-order valence-corrected chi connectivity index (χ1v) is 7.67. The van der Waals surface area contributed by atoms with Gasteiger partial charge in [0.2, 0.25) is 5.88 Å². The molecule has 2 aromatic heterocycles. The summed E-state index contributed by atoms with van der Waals surface area (Å²) in [6, 6.07) is 14.9. The summed E-state index contributed by atoms with van der Waals surface area (Å²) in [5, 5.41) is 4.57. The van der Waals surface area contributed by atoms with Gasteiger partial charge in [0.15, 0.2) is 12.4 Å². The normalized spacial score (nSPS) is 10.8. The molecule has 0 N–H and O–H groups in total. The van der Waals surface area contributed by atoms with Crippen molar-refractivity contribution in [1.82, 2.24) is 20.1 Å². The summed E-state index contributed by atoms with van der Waals surface area (Å²) < 4.78 is 16.5. The Bertz CT molecular complexity index is 993. The summed E-state index contributed by atoms with van der Waals surface area (Å²) in [6.07, 6.45) is 1.49. The van der Waals surface area contributed by atoms with Gasteiger partial charge in [-0.15, -0.1) is 0 Å². The topological polar surface area (TPSA) is 83.2 Å². The molecule has 25 heavy (non-hydrogen) atoms. The van der Waals surface area contributed by atoms with Crippen molar-refractivity contribution in [2.45, 2.75) is 13.5 Å². The summed E-state index contributed by atoms with van der Waals surface area (Å²) >= 11 is 0. The van der Waals surface area contributed by atoms with Crippen molar-refractivity contribution in [2.24, 2.45) is 0 Å². The molecular formula is C18H14N4O3. The Balaban J connectivity index is 1.46. The predicted molar refractivity (Wildman–Crippen MR) is 89.4 cm³/mol. The number of ether oxygens (including phenoxy) is 2. The minimum absolute atomic E-state index is 0.220. The van der Waals surface area contributed by atoms with Crippen LogP contribution in [0.1, 0.15) is 11.7 Å². The summed E-state index contributed by atoms with van der Waals surface area (Å²) in [5.74, 6) is 2.87. The van der Waals surface area contributed by atoms with Gasteiger partial charge in [0.1, 0.15) is 17.8 Å². The van der Waals surface area contributed by atoms with Gasteiger partial charge in [0.05, 0.1) is 10.9 Å². The Kier molecular flexibility index (Phi) is 3.96. The van der Waals surface area contributed by atoms with E-state index in [0.29, 0.717) is 29.1 Å². The molecule has 0 atom stereocenters.